The predicted molar refractivity (Wildman–Crippen MR) is 232 cm³/mol. The first kappa shape index (κ1) is 32.8. The van der Waals surface area contributed by atoms with E-state index in [0.29, 0.717) is 46.7 Å². The van der Waals surface area contributed by atoms with Gasteiger partial charge in [0.2, 0.25) is 5.71 Å². The van der Waals surface area contributed by atoms with E-state index < -0.39 is 24.5 Å². The Bertz CT molecular complexity index is 2810. The van der Waals surface area contributed by atoms with E-state index in [9.17, 15) is 2.74 Å². The average Bonchev–Trinajstić information content (AvgIpc) is 3.64. The third kappa shape index (κ3) is 8.42. The fourth-order valence-electron chi connectivity index (χ4n) is 7.81. The van der Waals surface area contributed by atoms with Crippen molar-refractivity contribution in [3.63, 3.8) is 0 Å². The molecule has 0 spiro atoms. The van der Waals surface area contributed by atoms with Gasteiger partial charge >= 0.3 is 0 Å². The van der Waals surface area contributed by atoms with Crippen LogP contribution in [0.15, 0.2) is 132 Å². The molecule has 1 radical (unpaired) electrons. The van der Waals surface area contributed by atoms with Gasteiger partial charge in [-0.3, -0.25) is 0 Å². The summed E-state index contributed by atoms with van der Waals surface area (Å²) >= 11 is 0. The van der Waals surface area contributed by atoms with Gasteiger partial charge in [0.15, 0.2) is 0 Å². The molecule has 1 saturated carbocycles. The first-order valence-corrected chi connectivity index (χ1v) is 19.4. The van der Waals surface area contributed by atoms with Crippen LogP contribution in [0, 0.1) is 19.0 Å². The van der Waals surface area contributed by atoms with E-state index in [-0.39, 0.29) is 25.7 Å². The van der Waals surface area contributed by atoms with Crippen LogP contribution in [0.25, 0.3) is 67.0 Å². The van der Waals surface area contributed by atoms with Crippen LogP contribution in [-0.2, 0) is 20.1 Å². The number of furan rings is 1. The first-order valence-electron chi connectivity index (χ1n) is 22.4. The summed E-state index contributed by atoms with van der Waals surface area (Å²) in [6.45, 7) is 5.00. The molecule has 0 saturated heterocycles. The predicted octanol–water partition coefficient (Wildman–Crippen LogP) is 14.3. The largest absolute Gasteiger partial charge is 0.486 e. The first-order chi connectivity index (χ1) is 29.5. The molecule has 1 aliphatic rings. The van der Waals surface area contributed by atoms with Crippen molar-refractivity contribution >= 4 is 22.1 Å². The summed E-state index contributed by atoms with van der Waals surface area (Å²) in [6.07, 6.45) is 7.43. The van der Waals surface area contributed by atoms with Crippen LogP contribution in [0.1, 0.15) is 108 Å². The van der Waals surface area contributed by atoms with E-state index >= 15 is 0 Å². The summed E-state index contributed by atoms with van der Waals surface area (Å²) in [6, 6.07) is 43.2. The topological polar surface area (TPSA) is 51.8 Å². The number of aryl methyl sites for hydroxylation is 1. The molecule has 0 unspecified atom stereocenters. The van der Waals surface area contributed by atoms with Gasteiger partial charge in [0.1, 0.15) is 0 Å². The van der Waals surface area contributed by atoms with Crippen molar-refractivity contribution in [1.82, 2.24) is 15.0 Å². The number of hydrogen-bond donors (Lipinski definition) is 0. The summed E-state index contributed by atoms with van der Waals surface area (Å²) in [5.74, 6) is -2.98. The molecule has 1 aliphatic carbocycles. The van der Waals surface area contributed by atoms with Gasteiger partial charge < -0.3 is 14.4 Å². The van der Waals surface area contributed by atoms with Gasteiger partial charge in [0.25, 0.3) is 0 Å². The number of fused-ring (bicyclic) bond motifs is 3. The van der Waals surface area contributed by atoms with E-state index in [2.05, 4.69) is 17.1 Å². The van der Waals surface area contributed by atoms with E-state index in [1.807, 2.05) is 131 Å². The van der Waals surface area contributed by atoms with Crippen LogP contribution in [0.4, 0.5) is 0 Å². The van der Waals surface area contributed by atoms with E-state index in [1.54, 1.807) is 24.5 Å². The molecule has 4 aromatic heterocycles. The van der Waals surface area contributed by atoms with Gasteiger partial charge in [-0.1, -0.05) is 124 Å². The molecule has 0 N–H and O–H groups in total. The smallest absolute Gasteiger partial charge is 0.216 e. The molecule has 5 heteroatoms. The molecule has 4 nitrogen and oxygen atoms in total. The SMILES string of the molecule is [2H]C([2H])([2H])c1cc(-c2[c-]ccc3c2oc2nc(-c4c(C([2H])(C)C)ccc(-c5ccccc5)c4C([2H])(C)C)ccc23)ncc1C1([2H])CCCCC1.[Ir].[c-]1ccccc1-c1ccccn1. The summed E-state index contributed by atoms with van der Waals surface area (Å²) in [5.41, 5.74) is 9.23. The van der Waals surface area contributed by atoms with Crippen molar-refractivity contribution in [2.75, 3.05) is 0 Å². The van der Waals surface area contributed by atoms with Crippen LogP contribution in [0.2, 0.25) is 0 Å². The van der Waals surface area contributed by atoms with Crippen molar-refractivity contribution in [3.05, 3.63) is 162 Å². The summed E-state index contributed by atoms with van der Waals surface area (Å²) in [5, 5.41) is 1.56. The Hall–Kier alpha value is -5.22. The Labute approximate surface area is 359 Å². The van der Waals surface area contributed by atoms with Crippen LogP contribution in [0.3, 0.4) is 0 Å². The monoisotopic (exact) mass is 930 g/mol. The molecule has 4 heterocycles. The Morgan fingerprint density at radius 2 is 1.56 bits per heavy atom. The van der Waals surface area contributed by atoms with Gasteiger partial charge in [0.05, 0.1) is 11.3 Å². The number of hydrogen-bond acceptors (Lipinski definition) is 4. The van der Waals surface area contributed by atoms with Crippen molar-refractivity contribution in [2.24, 2.45) is 0 Å². The minimum absolute atomic E-state index is 0. The second-order valence-electron chi connectivity index (χ2n) is 14.8. The van der Waals surface area contributed by atoms with Gasteiger partial charge in [-0.05, 0) is 94.8 Å². The minimum Gasteiger partial charge on any atom is -0.486 e. The molecule has 0 aliphatic heterocycles. The third-order valence-electron chi connectivity index (χ3n) is 10.5. The molecule has 1 fully saturated rings. The normalized spacial score (nSPS) is 15.8. The second-order valence-corrected chi connectivity index (χ2v) is 14.8. The molecular formula is C52H49IrN3O-2. The summed E-state index contributed by atoms with van der Waals surface area (Å²) < 4.78 is 59.2. The van der Waals surface area contributed by atoms with Crippen LogP contribution in [-0.4, -0.2) is 15.0 Å². The van der Waals surface area contributed by atoms with Crippen molar-refractivity contribution < 1.29 is 32.7 Å². The molecule has 8 aromatic rings. The molecule has 57 heavy (non-hydrogen) atoms. The quantitative estimate of drug-likeness (QED) is 0.149. The van der Waals surface area contributed by atoms with Crippen LogP contribution >= 0.6 is 0 Å². The molecular weight excluding hydrogens is 875 g/mol. The van der Waals surface area contributed by atoms with E-state index in [0.717, 1.165) is 69.1 Å². The van der Waals surface area contributed by atoms with Gasteiger partial charge in [-0.25, -0.2) is 4.98 Å². The number of benzene rings is 4. The zero-order chi connectivity index (χ0) is 43.9. The van der Waals surface area contributed by atoms with E-state index in [4.69, 9.17) is 19.9 Å². The number of pyridine rings is 3. The van der Waals surface area contributed by atoms with E-state index in [1.165, 1.54) is 0 Å². The standard InChI is InChI=1S/C41H41N2O.C11H8N.Ir/c1-25(2)30-19-20-31(28-13-8-6-9-14-28)38(26(3)4)39(30)36-22-21-33-32-17-12-18-34(40(32)44-41(33)43-36)37-23-27(5)35(24-42-37)29-15-10-7-11-16-29;1-2-6-10(7-3-1)11-8-4-5-9-12-11;/h6,8-9,12-14,17,19-26,29H,7,10-11,15-16H2,1-5H3;1-6,8-9H;/q2*-1;/i5D3,25D,26D,29D;;. The van der Waals surface area contributed by atoms with Crippen molar-refractivity contribution in [3.8, 4) is 44.9 Å². The Kier molecular flexibility index (Phi) is 10.3. The van der Waals surface area contributed by atoms with Crippen LogP contribution in [0.5, 0.6) is 0 Å². The molecule has 9 rings (SSSR count). The molecule has 0 atom stereocenters. The maximum absolute atomic E-state index is 9.31. The second kappa shape index (κ2) is 17.9. The fraction of sp³-hybridized carbons (Fsp3) is 0.250. The number of rotatable bonds is 7. The molecule has 0 amide bonds. The Balaban J connectivity index is 0.000000394. The molecule has 4 aromatic carbocycles. The zero-order valence-corrected chi connectivity index (χ0v) is 35.1. The van der Waals surface area contributed by atoms with Gasteiger partial charge in [-0.2, -0.15) is 0 Å². The van der Waals surface area contributed by atoms with Gasteiger partial charge in [-0.15, -0.1) is 54.1 Å². The van der Waals surface area contributed by atoms with Crippen LogP contribution < -0.4 is 0 Å². The zero-order valence-electron chi connectivity index (χ0n) is 38.7. The number of nitrogens with zero attached hydrogens (tertiary/aromatic N) is 3. The fourth-order valence-corrected chi connectivity index (χ4v) is 7.81. The molecule has 0 bridgehead atoms. The maximum Gasteiger partial charge on any atom is 0.216 e. The Morgan fingerprint density at radius 1 is 0.754 bits per heavy atom. The minimum atomic E-state index is -2.42. The Morgan fingerprint density at radius 3 is 2.28 bits per heavy atom. The maximum atomic E-state index is 9.31. The third-order valence-corrected chi connectivity index (χ3v) is 10.5. The average molecular weight is 930 g/mol. The number of aromatic nitrogens is 3. The molecule has 289 valence electrons. The summed E-state index contributed by atoms with van der Waals surface area (Å²) in [7, 11) is 0. The van der Waals surface area contributed by atoms with Crippen molar-refractivity contribution in [2.45, 2.75) is 84.3 Å². The van der Waals surface area contributed by atoms with Gasteiger partial charge in [0, 0.05) is 51.7 Å². The van der Waals surface area contributed by atoms with Crippen molar-refractivity contribution in [1.29, 1.82) is 0 Å². The summed E-state index contributed by atoms with van der Waals surface area (Å²) in [4.78, 5) is 14.0.